The molecule has 0 bridgehead atoms. The first-order chi connectivity index (χ1) is 30.8. The van der Waals surface area contributed by atoms with Gasteiger partial charge in [0.15, 0.2) is 0 Å². The van der Waals surface area contributed by atoms with E-state index in [0.717, 1.165) is 67.1 Å². The summed E-state index contributed by atoms with van der Waals surface area (Å²) < 4.78 is 4.97. The summed E-state index contributed by atoms with van der Waals surface area (Å²) in [4.78, 5) is 10.7. The fourth-order valence-corrected chi connectivity index (χ4v) is 10.6. The van der Waals surface area contributed by atoms with Crippen molar-refractivity contribution in [1.82, 2.24) is 13.8 Å². The number of hydrogen-bond acceptors (Lipinski definition) is 3. The Hall–Kier alpha value is -8.41. The first-order valence-electron chi connectivity index (χ1n) is 21.2. The molecule has 5 aromatic heterocycles. The minimum Gasteiger partial charge on any atom is -0.308 e. The molecule has 0 saturated carbocycles. The summed E-state index contributed by atoms with van der Waals surface area (Å²) in [6, 6.07) is 76.8. The Morgan fingerprint density at radius 1 is 0.323 bits per heavy atom. The van der Waals surface area contributed by atoms with Gasteiger partial charge in [-0.15, -0.1) is 0 Å². The van der Waals surface area contributed by atoms with E-state index >= 15 is 0 Å². The largest absolute Gasteiger partial charge is 0.308 e. The van der Waals surface area contributed by atoms with Gasteiger partial charge in [0, 0.05) is 60.5 Å². The Kier molecular flexibility index (Phi) is 6.77. The summed E-state index contributed by atoms with van der Waals surface area (Å²) in [5.41, 5.74) is 14.4. The van der Waals surface area contributed by atoms with Crippen LogP contribution in [0.3, 0.4) is 0 Å². The predicted molar refractivity (Wildman–Crippen MR) is 260 cm³/mol. The number of anilines is 6. The van der Waals surface area contributed by atoms with Gasteiger partial charge >= 0.3 is 0 Å². The van der Waals surface area contributed by atoms with Crippen LogP contribution in [0.5, 0.6) is 0 Å². The summed E-state index contributed by atoms with van der Waals surface area (Å²) in [5, 5.41) is 10.9. The van der Waals surface area contributed by atoms with Crippen LogP contribution in [0, 0.1) is 0 Å². The maximum absolute atomic E-state index is 5.87. The molecule has 9 aromatic carbocycles. The third kappa shape index (κ3) is 4.43. The van der Waals surface area contributed by atoms with Crippen molar-refractivity contribution < 1.29 is 0 Å². The Morgan fingerprint density at radius 3 is 1.35 bits per heavy atom. The molecule has 0 spiro atoms. The van der Waals surface area contributed by atoms with Gasteiger partial charge < -0.3 is 14.2 Å². The molecule has 0 atom stereocenters. The first-order valence-corrected chi connectivity index (χ1v) is 21.2. The third-order valence-electron chi connectivity index (χ3n) is 13.1. The molecule has 0 aliphatic rings. The monoisotopic (exact) mass is 789 g/mol. The van der Waals surface area contributed by atoms with E-state index in [1.165, 1.54) is 54.3 Å². The predicted octanol–water partition coefficient (Wildman–Crippen LogP) is 15.5. The Balaban J connectivity index is 1.15. The number of rotatable bonds is 6. The van der Waals surface area contributed by atoms with Gasteiger partial charge in [0.05, 0.1) is 44.5 Å². The fraction of sp³-hybridized carbons (Fsp3) is 0. The summed E-state index contributed by atoms with van der Waals surface area (Å²) in [6.07, 6.45) is 0. The van der Waals surface area contributed by atoms with E-state index in [-0.39, 0.29) is 0 Å². The van der Waals surface area contributed by atoms with Crippen molar-refractivity contribution in [1.29, 1.82) is 0 Å². The SMILES string of the molecule is c1ccc(N(c2ccccc2)c2cccc3c4c5ccccc5cc5c6nc7c(cc6n(c23)c54)c2cccc3c4cccc(N(c5ccccc5)c5ccccc5)c4n7c23)cc1. The molecule has 0 unspecified atom stereocenters. The summed E-state index contributed by atoms with van der Waals surface area (Å²) in [6.45, 7) is 0. The third-order valence-corrected chi connectivity index (χ3v) is 13.1. The molecule has 0 saturated heterocycles. The molecule has 0 aliphatic carbocycles. The fourth-order valence-electron chi connectivity index (χ4n) is 10.6. The van der Waals surface area contributed by atoms with E-state index in [0.29, 0.717) is 0 Å². The van der Waals surface area contributed by atoms with Crippen LogP contribution in [-0.2, 0) is 0 Å². The highest BCUT2D eigenvalue weighted by atomic mass is 15.2. The smallest absolute Gasteiger partial charge is 0.146 e. The second kappa shape index (κ2) is 12.6. The molecule has 0 N–H and O–H groups in total. The van der Waals surface area contributed by atoms with Crippen LogP contribution in [0.15, 0.2) is 212 Å². The van der Waals surface area contributed by atoms with Crippen molar-refractivity contribution in [2.24, 2.45) is 0 Å². The average molecular weight is 790 g/mol. The highest BCUT2D eigenvalue weighted by Gasteiger charge is 2.28. The standard InChI is InChI=1S/C57H35N5/c1-5-19-37(20-6-1)59(38-21-7-2-8-22-38)48-32-16-30-43-42-28-15-29-44-46-35-50-52(58-57(46)62(53(42)44)54(43)48)47-34-36-18-13-14-27-41(36)51-45-31-17-33-49(55(45)61(50)56(47)51)60(39-23-9-3-10-24-39)40-25-11-4-12-26-40/h1-35H. The first kappa shape index (κ1) is 33.4. The zero-order valence-corrected chi connectivity index (χ0v) is 33.4. The van der Waals surface area contributed by atoms with Gasteiger partial charge in [-0.3, -0.25) is 4.40 Å². The second-order valence-corrected chi connectivity index (χ2v) is 16.3. The number of hydrogen-bond donors (Lipinski definition) is 0. The minimum absolute atomic E-state index is 0.963. The molecular formula is C57H35N5. The van der Waals surface area contributed by atoms with Gasteiger partial charge in [0.25, 0.3) is 0 Å². The van der Waals surface area contributed by atoms with Crippen molar-refractivity contribution in [3.05, 3.63) is 212 Å². The van der Waals surface area contributed by atoms with Crippen LogP contribution in [0.2, 0.25) is 0 Å². The quantitative estimate of drug-likeness (QED) is 0.168. The van der Waals surface area contributed by atoms with Gasteiger partial charge in [-0.25, -0.2) is 4.98 Å². The molecule has 5 nitrogen and oxygen atoms in total. The van der Waals surface area contributed by atoms with E-state index in [4.69, 9.17) is 4.98 Å². The molecule has 288 valence electrons. The molecule has 0 radical (unpaired) electrons. The number of para-hydroxylation sites is 7. The van der Waals surface area contributed by atoms with Crippen LogP contribution in [0.1, 0.15) is 0 Å². The van der Waals surface area contributed by atoms with Crippen LogP contribution in [0.4, 0.5) is 34.1 Å². The highest BCUT2D eigenvalue weighted by molar-refractivity contribution is 6.33. The maximum Gasteiger partial charge on any atom is 0.146 e. The number of fused-ring (bicyclic) bond motifs is 14. The number of nitrogens with zero attached hydrogens (tertiary/aromatic N) is 5. The van der Waals surface area contributed by atoms with E-state index in [1.54, 1.807) is 0 Å². The van der Waals surface area contributed by atoms with Gasteiger partial charge in [-0.05, 0) is 83.6 Å². The molecule has 62 heavy (non-hydrogen) atoms. The lowest BCUT2D eigenvalue weighted by atomic mass is 10.0. The summed E-state index contributed by atoms with van der Waals surface area (Å²) in [7, 11) is 0. The maximum atomic E-state index is 5.87. The number of aromatic nitrogens is 3. The molecule has 0 fully saturated rings. The Labute approximate surface area is 355 Å². The van der Waals surface area contributed by atoms with Crippen LogP contribution in [0.25, 0.3) is 87.2 Å². The second-order valence-electron chi connectivity index (χ2n) is 16.3. The molecule has 0 amide bonds. The Morgan fingerprint density at radius 2 is 0.774 bits per heavy atom. The van der Waals surface area contributed by atoms with Crippen LogP contribution < -0.4 is 9.80 Å². The normalized spacial score (nSPS) is 12.2. The lowest BCUT2D eigenvalue weighted by Crippen LogP contribution is -2.10. The van der Waals surface area contributed by atoms with E-state index in [2.05, 4.69) is 231 Å². The van der Waals surface area contributed by atoms with Gasteiger partial charge in [-0.1, -0.05) is 140 Å². The van der Waals surface area contributed by atoms with E-state index in [1.807, 2.05) is 0 Å². The lowest BCUT2D eigenvalue weighted by Gasteiger charge is -2.26. The van der Waals surface area contributed by atoms with Gasteiger partial charge in [0.2, 0.25) is 0 Å². The highest BCUT2D eigenvalue weighted by Crippen LogP contribution is 2.50. The van der Waals surface area contributed by atoms with Crippen molar-refractivity contribution in [2.75, 3.05) is 9.80 Å². The zero-order chi connectivity index (χ0) is 40.5. The number of benzene rings is 9. The Bertz CT molecular complexity index is 3950. The van der Waals surface area contributed by atoms with Crippen LogP contribution >= 0.6 is 0 Å². The molecule has 5 heteroatoms. The number of pyridine rings is 1. The van der Waals surface area contributed by atoms with Gasteiger partial charge in [0.1, 0.15) is 5.65 Å². The summed E-state index contributed by atoms with van der Waals surface area (Å²) >= 11 is 0. The molecule has 0 aliphatic heterocycles. The minimum atomic E-state index is 0.963. The van der Waals surface area contributed by atoms with Crippen molar-refractivity contribution in [3.63, 3.8) is 0 Å². The topological polar surface area (TPSA) is 28.2 Å². The van der Waals surface area contributed by atoms with E-state index < -0.39 is 0 Å². The lowest BCUT2D eigenvalue weighted by molar-refractivity contribution is 1.25. The molecular weight excluding hydrogens is 755 g/mol. The van der Waals surface area contributed by atoms with Crippen molar-refractivity contribution in [3.8, 4) is 0 Å². The van der Waals surface area contributed by atoms with Crippen molar-refractivity contribution >= 4 is 121 Å². The van der Waals surface area contributed by atoms with E-state index in [9.17, 15) is 0 Å². The molecule has 14 rings (SSSR count). The van der Waals surface area contributed by atoms with Crippen molar-refractivity contribution in [2.45, 2.75) is 0 Å². The molecule has 5 heterocycles. The zero-order valence-electron chi connectivity index (χ0n) is 33.4. The van der Waals surface area contributed by atoms with Gasteiger partial charge in [-0.2, -0.15) is 0 Å². The average Bonchev–Trinajstić information content (AvgIpc) is 4.06. The molecule has 14 aromatic rings. The summed E-state index contributed by atoms with van der Waals surface area (Å²) in [5.74, 6) is 0. The van der Waals surface area contributed by atoms with Crippen LogP contribution in [-0.4, -0.2) is 13.8 Å².